The Labute approximate surface area is 128 Å². The van der Waals surface area contributed by atoms with Gasteiger partial charge in [0, 0.05) is 24.8 Å². The maximum atomic E-state index is 12.1. The highest BCUT2D eigenvalue weighted by molar-refractivity contribution is 7.12. The minimum atomic E-state index is 0.0362. The van der Waals surface area contributed by atoms with Gasteiger partial charge in [-0.1, -0.05) is 12.1 Å². The summed E-state index contributed by atoms with van der Waals surface area (Å²) in [4.78, 5) is 19.8. The Morgan fingerprint density at radius 2 is 2.29 bits per heavy atom. The number of amides is 1. The Bertz CT molecular complexity index is 612. The molecule has 3 rings (SSSR count). The van der Waals surface area contributed by atoms with Gasteiger partial charge in [-0.05, 0) is 43.3 Å². The molecule has 2 aromatic heterocycles. The fourth-order valence-corrected chi connectivity index (χ4v) is 3.30. The highest BCUT2D eigenvalue weighted by Crippen LogP contribution is 2.19. The molecular weight excluding hydrogens is 282 g/mol. The van der Waals surface area contributed by atoms with Crippen molar-refractivity contribution < 1.29 is 4.79 Å². The summed E-state index contributed by atoms with van der Waals surface area (Å²) in [5.74, 6) is 1.04. The van der Waals surface area contributed by atoms with Crippen molar-refractivity contribution in [3.63, 3.8) is 0 Å². The molecular formula is C16H19N3OS. The standard InChI is InChI=1S/C16H19N3OS/c1-12-5-2-8-15(17-12)19-9-3-6-13(11-19)18-16(20)14-7-4-10-21-14/h2,4-5,7-8,10,13H,3,6,9,11H2,1H3,(H,18,20)/t13-/m0/s1. The molecule has 1 aliphatic rings. The molecule has 1 atom stereocenters. The number of carbonyl (C=O) groups is 1. The minimum Gasteiger partial charge on any atom is -0.355 e. The number of rotatable bonds is 3. The van der Waals surface area contributed by atoms with E-state index in [1.807, 2.05) is 42.6 Å². The Morgan fingerprint density at radius 1 is 1.38 bits per heavy atom. The zero-order valence-electron chi connectivity index (χ0n) is 12.1. The zero-order chi connectivity index (χ0) is 14.7. The van der Waals surface area contributed by atoms with Crippen molar-refractivity contribution >= 4 is 23.1 Å². The Kier molecular flexibility index (Phi) is 4.20. The normalized spacial score (nSPS) is 18.5. The van der Waals surface area contributed by atoms with Gasteiger partial charge in [-0.3, -0.25) is 4.79 Å². The molecule has 4 nitrogen and oxygen atoms in total. The molecule has 110 valence electrons. The van der Waals surface area contributed by atoms with Crippen molar-refractivity contribution in [3.05, 3.63) is 46.3 Å². The lowest BCUT2D eigenvalue weighted by Crippen LogP contribution is -2.48. The average Bonchev–Trinajstić information content (AvgIpc) is 3.02. The first-order chi connectivity index (χ1) is 10.2. The van der Waals surface area contributed by atoms with E-state index in [0.717, 1.165) is 42.3 Å². The summed E-state index contributed by atoms with van der Waals surface area (Å²) in [6.45, 7) is 3.83. The highest BCUT2D eigenvalue weighted by atomic mass is 32.1. The van der Waals surface area contributed by atoms with Crippen LogP contribution < -0.4 is 10.2 Å². The average molecular weight is 301 g/mol. The van der Waals surface area contributed by atoms with Gasteiger partial charge in [0.2, 0.25) is 0 Å². The topological polar surface area (TPSA) is 45.2 Å². The molecule has 0 unspecified atom stereocenters. The van der Waals surface area contributed by atoms with Crippen LogP contribution in [0, 0.1) is 6.92 Å². The van der Waals surface area contributed by atoms with Crippen LogP contribution in [0.15, 0.2) is 35.7 Å². The number of thiophene rings is 1. The van der Waals surface area contributed by atoms with E-state index in [-0.39, 0.29) is 11.9 Å². The molecule has 1 saturated heterocycles. The summed E-state index contributed by atoms with van der Waals surface area (Å²) >= 11 is 1.48. The van der Waals surface area contributed by atoms with Crippen LogP contribution in [0.1, 0.15) is 28.2 Å². The molecule has 0 spiro atoms. The predicted octanol–water partition coefficient (Wildman–Crippen LogP) is 2.85. The minimum absolute atomic E-state index is 0.0362. The Hall–Kier alpha value is -1.88. The molecule has 2 aromatic rings. The van der Waals surface area contributed by atoms with E-state index >= 15 is 0 Å². The van der Waals surface area contributed by atoms with Crippen molar-refractivity contribution in [2.24, 2.45) is 0 Å². The van der Waals surface area contributed by atoms with Gasteiger partial charge in [0.05, 0.1) is 4.88 Å². The van der Waals surface area contributed by atoms with Gasteiger partial charge in [0.15, 0.2) is 0 Å². The fourth-order valence-electron chi connectivity index (χ4n) is 2.67. The van der Waals surface area contributed by atoms with E-state index < -0.39 is 0 Å². The zero-order valence-corrected chi connectivity index (χ0v) is 12.9. The highest BCUT2D eigenvalue weighted by Gasteiger charge is 2.23. The number of nitrogens with zero attached hydrogens (tertiary/aromatic N) is 2. The van der Waals surface area contributed by atoms with E-state index in [1.54, 1.807) is 0 Å². The van der Waals surface area contributed by atoms with Gasteiger partial charge in [-0.2, -0.15) is 0 Å². The van der Waals surface area contributed by atoms with Crippen LogP contribution in [0.3, 0.4) is 0 Å². The SMILES string of the molecule is Cc1cccc(N2CCC[C@H](NC(=O)c3cccs3)C2)n1. The molecule has 1 amide bonds. The lowest BCUT2D eigenvalue weighted by atomic mass is 10.1. The number of piperidine rings is 1. The number of hydrogen-bond acceptors (Lipinski definition) is 4. The second-order valence-electron chi connectivity index (χ2n) is 5.37. The molecule has 3 heterocycles. The van der Waals surface area contributed by atoms with Crippen LogP contribution in [-0.4, -0.2) is 30.0 Å². The molecule has 1 N–H and O–H groups in total. The largest absolute Gasteiger partial charge is 0.355 e. The Morgan fingerprint density at radius 3 is 3.05 bits per heavy atom. The molecule has 0 radical (unpaired) electrons. The van der Waals surface area contributed by atoms with Crippen molar-refractivity contribution in [1.82, 2.24) is 10.3 Å². The van der Waals surface area contributed by atoms with E-state index in [2.05, 4.69) is 15.2 Å². The number of anilines is 1. The lowest BCUT2D eigenvalue weighted by Gasteiger charge is -2.34. The first-order valence-electron chi connectivity index (χ1n) is 7.25. The molecule has 1 fully saturated rings. The maximum absolute atomic E-state index is 12.1. The van der Waals surface area contributed by atoms with E-state index in [1.165, 1.54) is 11.3 Å². The number of nitrogens with one attached hydrogen (secondary N) is 1. The summed E-state index contributed by atoms with van der Waals surface area (Å²) in [6.07, 6.45) is 2.10. The van der Waals surface area contributed by atoms with Crippen molar-refractivity contribution in [2.75, 3.05) is 18.0 Å². The van der Waals surface area contributed by atoms with Crippen molar-refractivity contribution in [2.45, 2.75) is 25.8 Å². The molecule has 0 aliphatic carbocycles. The quantitative estimate of drug-likeness (QED) is 0.948. The summed E-state index contributed by atoms with van der Waals surface area (Å²) in [5, 5.41) is 5.07. The summed E-state index contributed by atoms with van der Waals surface area (Å²) in [7, 11) is 0. The van der Waals surface area contributed by atoms with Gasteiger partial charge < -0.3 is 10.2 Å². The number of hydrogen-bond donors (Lipinski definition) is 1. The van der Waals surface area contributed by atoms with Crippen LogP contribution in [0.5, 0.6) is 0 Å². The second-order valence-corrected chi connectivity index (χ2v) is 6.32. The third-order valence-corrected chi connectivity index (χ3v) is 4.57. The number of pyridine rings is 1. The molecule has 0 aromatic carbocycles. The fraction of sp³-hybridized carbons (Fsp3) is 0.375. The van der Waals surface area contributed by atoms with Gasteiger partial charge in [0.1, 0.15) is 5.82 Å². The van der Waals surface area contributed by atoms with Gasteiger partial charge in [-0.15, -0.1) is 11.3 Å². The van der Waals surface area contributed by atoms with Crippen molar-refractivity contribution in [1.29, 1.82) is 0 Å². The first-order valence-corrected chi connectivity index (χ1v) is 8.13. The van der Waals surface area contributed by atoms with Crippen LogP contribution in [0.4, 0.5) is 5.82 Å². The number of aromatic nitrogens is 1. The molecule has 1 aliphatic heterocycles. The molecule has 21 heavy (non-hydrogen) atoms. The summed E-state index contributed by atoms with van der Waals surface area (Å²) in [5.41, 5.74) is 1.03. The van der Waals surface area contributed by atoms with Crippen LogP contribution >= 0.6 is 11.3 Å². The second kappa shape index (κ2) is 6.26. The summed E-state index contributed by atoms with van der Waals surface area (Å²) in [6, 6.07) is 10.0. The van der Waals surface area contributed by atoms with Crippen LogP contribution in [-0.2, 0) is 0 Å². The van der Waals surface area contributed by atoms with E-state index in [0.29, 0.717) is 0 Å². The third kappa shape index (κ3) is 3.42. The molecule has 0 saturated carbocycles. The summed E-state index contributed by atoms with van der Waals surface area (Å²) < 4.78 is 0. The first kappa shape index (κ1) is 14.1. The third-order valence-electron chi connectivity index (χ3n) is 3.70. The van der Waals surface area contributed by atoms with Gasteiger partial charge >= 0.3 is 0 Å². The van der Waals surface area contributed by atoms with Gasteiger partial charge in [-0.25, -0.2) is 4.98 Å². The van der Waals surface area contributed by atoms with E-state index in [9.17, 15) is 4.79 Å². The molecule has 5 heteroatoms. The van der Waals surface area contributed by atoms with Crippen LogP contribution in [0.2, 0.25) is 0 Å². The maximum Gasteiger partial charge on any atom is 0.261 e. The van der Waals surface area contributed by atoms with E-state index in [4.69, 9.17) is 0 Å². The number of aryl methyl sites for hydroxylation is 1. The van der Waals surface area contributed by atoms with Gasteiger partial charge in [0.25, 0.3) is 5.91 Å². The van der Waals surface area contributed by atoms with Crippen molar-refractivity contribution in [3.8, 4) is 0 Å². The number of carbonyl (C=O) groups excluding carboxylic acids is 1. The van der Waals surface area contributed by atoms with Crippen LogP contribution in [0.25, 0.3) is 0 Å². The Balaban J connectivity index is 1.64. The lowest BCUT2D eigenvalue weighted by molar-refractivity contribution is 0.0937. The molecule has 0 bridgehead atoms. The smallest absolute Gasteiger partial charge is 0.261 e. The monoisotopic (exact) mass is 301 g/mol. The predicted molar refractivity (Wildman–Crippen MR) is 86.0 cm³/mol.